The number of carbonyl (C=O) groups is 2. The van der Waals surface area contributed by atoms with Crippen molar-refractivity contribution in [2.24, 2.45) is 5.10 Å². The molecule has 0 spiro atoms. The Morgan fingerprint density at radius 2 is 1.91 bits per heavy atom. The number of hydrogen-bond donors (Lipinski definition) is 0. The van der Waals surface area contributed by atoms with Gasteiger partial charge in [0, 0.05) is 25.1 Å². The van der Waals surface area contributed by atoms with Crippen molar-refractivity contribution in [2.75, 3.05) is 27.8 Å². The normalized spacial score (nSPS) is 15.1. The van der Waals surface area contributed by atoms with Crippen LogP contribution in [0.3, 0.4) is 0 Å². The standard InChI is InChI=1S/C25H24FN3O4S/c1-28(25(31)23-5-4-12-34-23)15-24(30)29-21(16-6-8-17(26)9-7-16)14-20(27-29)19-11-10-18(32-2)13-22(19)33-3/h4-13,21H,14-15H2,1-3H3. The summed E-state index contributed by atoms with van der Waals surface area (Å²) in [6, 6.07) is 14.4. The van der Waals surface area contributed by atoms with Gasteiger partial charge in [0.15, 0.2) is 0 Å². The Bertz CT molecular complexity index is 1210. The van der Waals surface area contributed by atoms with Gasteiger partial charge in [-0.1, -0.05) is 18.2 Å². The minimum absolute atomic E-state index is 0.148. The van der Waals surface area contributed by atoms with Crippen LogP contribution in [0.5, 0.6) is 11.5 Å². The molecule has 34 heavy (non-hydrogen) atoms. The topological polar surface area (TPSA) is 71.4 Å². The van der Waals surface area contributed by atoms with Crippen molar-refractivity contribution in [2.45, 2.75) is 12.5 Å². The second kappa shape index (κ2) is 10.0. The first kappa shape index (κ1) is 23.4. The molecule has 1 aliphatic rings. The number of hydrazone groups is 1. The summed E-state index contributed by atoms with van der Waals surface area (Å²) >= 11 is 1.32. The highest BCUT2D eigenvalue weighted by Crippen LogP contribution is 2.36. The van der Waals surface area contributed by atoms with Crippen LogP contribution in [-0.4, -0.2) is 55.2 Å². The molecule has 0 radical (unpaired) electrons. The summed E-state index contributed by atoms with van der Waals surface area (Å²) in [5.74, 6) is 0.260. The van der Waals surface area contributed by atoms with Crippen LogP contribution in [0.2, 0.25) is 0 Å². The van der Waals surface area contributed by atoms with Gasteiger partial charge >= 0.3 is 0 Å². The second-order valence-corrected chi connectivity index (χ2v) is 8.71. The van der Waals surface area contributed by atoms with E-state index in [4.69, 9.17) is 9.47 Å². The third kappa shape index (κ3) is 4.79. The van der Waals surface area contributed by atoms with Crippen LogP contribution in [0.15, 0.2) is 65.1 Å². The molecule has 7 nitrogen and oxygen atoms in total. The maximum absolute atomic E-state index is 13.6. The Morgan fingerprint density at radius 1 is 1.15 bits per heavy atom. The van der Waals surface area contributed by atoms with Gasteiger partial charge in [-0.15, -0.1) is 11.3 Å². The smallest absolute Gasteiger partial charge is 0.264 e. The Kier molecular flexibility index (Phi) is 6.93. The SMILES string of the molecule is COc1ccc(C2=NN(C(=O)CN(C)C(=O)c3cccs3)C(c3ccc(F)cc3)C2)c(OC)c1. The second-order valence-electron chi connectivity index (χ2n) is 7.76. The van der Waals surface area contributed by atoms with E-state index < -0.39 is 6.04 Å². The molecule has 2 heterocycles. The predicted molar refractivity (Wildman–Crippen MR) is 128 cm³/mol. The van der Waals surface area contributed by atoms with Crippen molar-refractivity contribution in [3.05, 3.63) is 81.8 Å². The minimum Gasteiger partial charge on any atom is -0.497 e. The lowest BCUT2D eigenvalue weighted by Crippen LogP contribution is -2.39. The van der Waals surface area contributed by atoms with E-state index in [1.807, 2.05) is 11.4 Å². The number of carbonyl (C=O) groups excluding carboxylic acids is 2. The fourth-order valence-electron chi connectivity index (χ4n) is 3.82. The van der Waals surface area contributed by atoms with Crippen LogP contribution in [0.25, 0.3) is 0 Å². The Balaban J connectivity index is 1.64. The van der Waals surface area contributed by atoms with Crippen molar-refractivity contribution >= 4 is 28.9 Å². The molecule has 0 saturated heterocycles. The van der Waals surface area contributed by atoms with Gasteiger partial charge in [-0.2, -0.15) is 5.10 Å². The lowest BCUT2D eigenvalue weighted by atomic mass is 9.97. The molecule has 1 unspecified atom stereocenters. The molecule has 0 fully saturated rings. The fourth-order valence-corrected chi connectivity index (χ4v) is 4.54. The summed E-state index contributed by atoms with van der Waals surface area (Å²) in [6.45, 7) is -0.148. The average molecular weight is 482 g/mol. The third-order valence-corrected chi connectivity index (χ3v) is 6.45. The summed E-state index contributed by atoms with van der Waals surface area (Å²) in [6.07, 6.45) is 0.405. The van der Waals surface area contributed by atoms with Crippen molar-refractivity contribution in [3.63, 3.8) is 0 Å². The van der Waals surface area contributed by atoms with Gasteiger partial charge in [-0.05, 0) is 41.3 Å². The number of amides is 2. The molecule has 1 aromatic heterocycles. The van der Waals surface area contributed by atoms with E-state index in [0.29, 0.717) is 28.5 Å². The highest BCUT2D eigenvalue weighted by atomic mass is 32.1. The van der Waals surface area contributed by atoms with E-state index >= 15 is 0 Å². The quantitative estimate of drug-likeness (QED) is 0.503. The van der Waals surface area contributed by atoms with E-state index in [0.717, 1.165) is 11.1 Å². The van der Waals surface area contributed by atoms with Crippen LogP contribution < -0.4 is 9.47 Å². The van der Waals surface area contributed by atoms with E-state index in [1.165, 1.54) is 33.4 Å². The number of hydrogen-bond acceptors (Lipinski definition) is 6. The summed E-state index contributed by atoms with van der Waals surface area (Å²) < 4.78 is 24.4. The highest BCUT2D eigenvalue weighted by molar-refractivity contribution is 7.12. The lowest BCUT2D eigenvalue weighted by Gasteiger charge is -2.24. The Labute approximate surface area is 201 Å². The van der Waals surface area contributed by atoms with E-state index in [-0.39, 0.29) is 24.2 Å². The zero-order valence-corrected chi connectivity index (χ0v) is 19.8. The molecular formula is C25H24FN3O4S. The predicted octanol–water partition coefficient (Wildman–Crippen LogP) is 4.35. The van der Waals surface area contributed by atoms with E-state index in [2.05, 4.69) is 5.10 Å². The van der Waals surface area contributed by atoms with Gasteiger partial charge in [-0.3, -0.25) is 9.59 Å². The third-order valence-electron chi connectivity index (χ3n) is 5.59. The number of halogens is 1. The van der Waals surface area contributed by atoms with Gasteiger partial charge in [0.25, 0.3) is 11.8 Å². The van der Waals surface area contributed by atoms with E-state index in [1.54, 1.807) is 57.7 Å². The number of rotatable bonds is 7. The minimum atomic E-state index is -0.444. The molecule has 1 atom stereocenters. The number of nitrogens with zero attached hydrogens (tertiary/aromatic N) is 3. The van der Waals surface area contributed by atoms with E-state index in [9.17, 15) is 14.0 Å². The lowest BCUT2D eigenvalue weighted by molar-refractivity contribution is -0.133. The molecular weight excluding hydrogens is 457 g/mol. The molecule has 4 rings (SSSR count). The van der Waals surface area contributed by atoms with Crippen LogP contribution in [0.4, 0.5) is 4.39 Å². The van der Waals surface area contributed by atoms with Gasteiger partial charge in [0.1, 0.15) is 23.9 Å². The Hall–Kier alpha value is -3.72. The van der Waals surface area contributed by atoms with Crippen molar-refractivity contribution in [1.29, 1.82) is 0 Å². The maximum Gasteiger partial charge on any atom is 0.264 e. The average Bonchev–Trinajstić information content (AvgIpc) is 3.54. The monoisotopic (exact) mass is 481 g/mol. The first-order chi connectivity index (χ1) is 16.4. The number of thiophene rings is 1. The van der Waals surface area contributed by atoms with Crippen LogP contribution in [-0.2, 0) is 4.79 Å². The summed E-state index contributed by atoms with van der Waals surface area (Å²) in [4.78, 5) is 27.9. The molecule has 2 amide bonds. The molecule has 2 aromatic carbocycles. The maximum atomic E-state index is 13.6. The first-order valence-electron chi connectivity index (χ1n) is 10.6. The summed E-state index contributed by atoms with van der Waals surface area (Å²) in [5, 5.41) is 7.82. The van der Waals surface area contributed by atoms with Crippen molar-refractivity contribution in [3.8, 4) is 11.5 Å². The number of benzene rings is 2. The van der Waals surface area contributed by atoms with Gasteiger partial charge in [0.2, 0.25) is 0 Å². The molecule has 0 saturated carbocycles. The summed E-state index contributed by atoms with van der Waals surface area (Å²) in [7, 11) is 4.71. The molecule has 0 aliphatic carbocycles. The summed E-state index contributed by atoms with van der Waals surface area (Å²) in [5.41, 5.74) is 2.12. The van der Waals surface area contributed by atoms with Crippen molar-refractivity contribution < 1.29 is 23.5 Å². The molecule has 3 aromatic rings. The van der Waals surface area contributed by atoms with Crippen LogP contribution in [0, 0.1) is 5.82 Å². The molecule has 0 N–H and O–H groups in total. The molecule has 1 aliphatic heterocycles. The fraction of sp³-hybridized carbons (Fsp3) is 0.240. The molecule has 0 bridgehead atoms. The van der Waals surface area contributed by atoms with Crippen LogP contribution >= 0.6 is 11.3 Å². The first-order valence-corrected chi connectivity index (χ1v) is 11.5. The van der Waals surface area contributed by atoms with Gasteiger partial charge in [-0.25, -0.2) is 9.40 Å². The number of ether oxygens (including phenoxy) is 2. The van der Waals surface area contributed by atoms with Crippen LogP contribution in [0.1, 0.15) is 33.3 Å². The van der Waals surface area contributed by atoms with Gasteiger partial charge < -0.3 is 14.4 Å². The number of methoxy groups -OCH3 is 2. The molecule has 9 heteroatoms. The zero-order chi connectivity index (χ0) is 24.2. The van der Waals surface area contributed by atoms with Gasteiger partial charge in [0.05, 0.1) is 30.9 Å². The number of likely N-dealkylation sites (N-methyl/N-ethyl adjacent to an activating group) is 1. The van der Waals surface area contributed by atoms with Crippen molar-refractivity contribution in [1.82, 2.24) is 9.91 Å². The zero-order valence-electron chi connectivity index (χ0n) is 19.0. The molecule has 176 valence electrons. The highest BCUT2D eigenvalue weighted by Gasteiger charge is 2.35. The largest absolute Gasteiger partial charge is 0.497 e. The Morgan fingerprint density at radius 3 is 2.56 bits per heavy atom.